The molecule has 0 radical (unpaired) electrons. The molecule has 0 saturated carbocycles. The Bertz CT molecular complexity index is 1140. The van der Waals surface area contributed by atoms with E-state index in [2.05, 4.69) is 28.3 Å². The van der Waals surface area contributed by atoms with Crippen LogP contribution < -0.4 is 0 Å². The number of aromatic nitrogens is 1. The summed E-state index contributed by atoms with van der Waals surface area (Å²) in [5, 5.41) is 23.7. The molecule has 0 bridgehead atoms. The van der Waals surface area contributed by atoms with Crippen molar-refractivity contribution in [2.45, 2.75) is 32.2 Å². The minimum Gasteiger partial charge on any atom is -0.465 e. The lowest BCUT2D eigenvalue weighted by Crippen LogP contribution is -2.37. The van der Waals surface area contributed by atoms with Gasteiger partial charge in [-0.05, 0) is 75.0 Å². The monoisotopic (exact) mass is 432 g/mol. The molecule has 7 heteroatoms. The van der Waals surface area contributed by atoms with Crippen LogP contribution in [-0.4, -0.2) is 53.3 Å². The molecular weight excluding hydrogens is 404 g/mol. The van der Waals surface area contributed by atoms with E-state index in [1.165, 1.54) is 4.90 Å². The van der Waals surface area contributed by atoms with Crippen molar-refractivity contribution in [2.75, 3.05) is 27.2 Å². The first-order valence-electron chi connectivity index (χ1n) is 11.0. The van der Waals surface area contributed by atoms with Crippen molar-refractivity contribution in [1.29, 1.82) is 5.26 Å². The summed E-state index contributed by atoms with van der Waals surface area (Å²) in [7, 11) is 4.06. The SMILES string of the molecule is CN(C)Cc1c(-c2ccc(C#N)cc2)ccc2c(CCC3CCN(C(=O)O)CC3)noc12. The van der Waals surface area contributed by atoms with E-state index in [9.17, 15) is 4.79 Å². The van der Waals surface area contributed by atoms with Crippen LogP contribution >= 0.6 is 0 Å². The molecule has 0 spiro atoms. The number of benzene rings is 2. The van der Waals surface area contributed by atoms with Crippen LogP contribution in [0.5, 0.6) is 0 Å². The second-order valence-corrected chi connectivity index (χ2v) is 8.78. The molecule has 2 heterocycles. The molecule has 1 N–H and O–H groups in total. The van der Waals surface area contributed by atoms with Crippen LogP contribution in [0.1, 0.15) is 36.1 Å². The number of hydrogen-bond acceptors (Lipinski definition) is 5. The lowest BCUT2D eigenvalue weighted by molar-refractivity contribution is 0.123. The van der Waals surface area contributed by atoms with Gasteiger partial charge >= 0.3 is 6.09 Å². The van der Waals surface area contributed by atoms with Crippen molar-refractivity contribution in [2.24, 2.45) is 5.92 Å². The molecule has 4 rings (SSSR count). The molecule has 1 fully saturated rings. The first-order valence-corrected chi connectivity index (χ1v) is 11.0. The van der Waals surface area contributed by atoms with Crippen molar-refractivity contribution in [3.05, 3.63) is 53.2 Å². The highest BCUT2D eigenvalue weighted by Gasteiger charge is 2.23. The molecule has 1 aliphatic rings. The number of fused-ring (bicyclic) bond motifs is 1. The van der Waals surface area contributed by atoms with Crippen molar-refractivity contribution < 1.29 is 14.4 Å². The maximum atomic E-state index is 11.1. The smallest absolute Gasteiger partial charge is 0.407 e. The third kappa shape index (κ3) is 4.61. The summed E-state index contributed by atoms with van der Waals surface area (Å²) in [5.41, 5.74) is 5.64. The molecule has 7 nitrogen and oxygen atoms in total. The zero-order chi connectivity index (χ0) is 22.7. The Hall–Kier alpha value is -3.37. The molecule has 0 atom stereocenters. The molecule has 1 saturated heterocycles. The van der Waals surface area contributed by atoms with Gasteiger partial charge in [0.1, 0.15) is 0 Å². The number of nitrogens with zero attached hydrogens (tertiary/aromatic N) is 4. The average Bonchev–Trinajstić information content (AvgIpc) is 3.21. The normalized spacial score (nSPS) is 14.8. The van der Waals surface area contributed by atoms with E-state index in [1.807, 2.05) is 38.4 Å². The van der Waals surface area contributed by atoms with Gasteiger partial charge in [0, 0.05) is 30.6 Å². The van der Waals surface area contributed by atoms with Crippen molar-refractivity contribution >= 4 is 17.1 Å². The fourth-order valence-corrected chi connectivity index (χ4v) is 4.51. The molecule has 0 unspecified atom stereocenters. The second kappa shape index (κ2) is 9.41. The van der Waals surface area contributed by atoms with E-state index < -0.39 is 6.09 Å². The largest absolute Gasteiger partial charge is 0.465 e. The number of piperidine rings is 1. The first-order chi connectivity index (χ1) is 15.5. The maximum absolute atomic E-state index is 11.1. The van der Waals surface area contributed by atoms with Gasteiger partial charge in [-0.2, -0.15) is 5.26 Å². The number of likely N-dealkylation sites (tertiary alicyclic amines) is 1. The van der Waals surface area contributed by atoms with Crippen molar-refractivity contribution in [3.8, 4) is 17.2 Å². The molecule has 32 heavy (non-hydrogen) atoms. The maximum Gasteiger partial charge on any atom is 0.407 e. The summed E-state index contributed by atoms with van der Waals surface area (Å²) in [6.07, 6.45) is 2.78. The van der Waals surface area contributed by atoms with E-state index >= 15 is 0 Å². The Labute approximate surface area is 187 Å². The van der Waals surface area contributed by atoms with Gasteiger partial charge in [-0.1, -0.05) is 23.4 Å². The number of nitriles is 1. The van der Waals surface area contributed by atoms with E-state index in [0.29, 0.717) is 24.6 Å². The summed E-state index contributed by atoms with van der Waals surface area (Å²) >= 11 is 0. The Morgan fingerprint density at radius 1 is 1.22 bits per heavy atom. The number of carboxylic acid groups (broad SMARTS) is 1. The number of carbonyl (C=O) groups is 1. The Balaban J connectivity index is 1.57. The fourth-order valence-electron chi connectivity index (χ4n) is 4.51. The topological polar surface area (TPSA) is 93.6 Å². The van der Waals surface area contributed by atoms with Gasteiger partial charge in [0.25, 0.3) is 0 Å². The third-order valence-electron chi connectivity index (χ3n) is 6.29. The van der Waals surface area contributed by atoms with Crippen LogP contribution in [0.15, 0.2) is 40.9 Å². The zero-order valence-electron chi connectivity index (χ0n) is 18.5. The summed E-state index contributed by atoms with van der Waals surface area (Å²) in [6, 6.07) is 14.0. The lowest BCUT2D eigenvalue weighted by atomic mass is 9.90. The predicted octanol–water partition coefficient (Wildman–Crippen LogP) is 4.75. The van der Waals surface area contributed by atoms with Crippen LogP contribution in [0.2, 0.25) is 0 Å². The highest BCUT2D eigenvalue weighted by Crippen LogP contribution is 2.34. The van der Waals surface area contributed by atoms with Crippen molar-refractivity contribution in [1.82, 2.24) is 15.0 Å². The summed E-state index contributed by atoms with van der Waals surface area (Å²) in [6.45, 7) is 1.94. The second-order valence-electron chi connectivity index (χ2n) is 8.78. The van der Waals surface area contributed by atoms with Gasteiger partial charge < -0.3 is 19.4 Å². The van der Waals surface area contributed by atoms with Gasteiger partial charge in [0.05, 0.1) is 17.3 Å². The highest BCUT2D eigenvalue weighted by atomic mass is 16.5. The van der Waals surface area contributed by atoms with Gasteiger partial charge in [-0.25, -0.2) is 4.79 Å². The number of aryl methyl sites for hydroxylation is 1. The summed E-state index contributed by atoms with van der Waals surface area (Å²) in [5.74, 6) is 0.511. The predicted molar refractivity (Wildman–Crippen MR) is 122 cm³/mol. The van der Waals surface area contributed by atoms with Gasteiger partial charge in [-0.15, -0.1) is 0 Å². The molecule has 1 aliphatic heterocycles. The molecule has 3 aromatic rings. The van der Waals surface area contributed by atoms with E-state index in [1.54, 1.807) is 0 Å². The fraction of sp³-hybridized carbons (Fsp3) is 0.400. The molecule has 2 aromatic carbocycles. The lowest BCUT2D eigenvalue weighted by Gasteiger charge is -2.29. The van der Waals surface area contributed by atoms with E-state index in [0.717, 1.165) is 65.6 Å². The molecule has 166 valence electrons. The summed E-state index contributed by atoms with van der Waals surface area (Å²) < 4.78 is 5.86. The van der Waals surface area contributed by atoms with Gasteiger partial charge in [0.2, 0.25) is 0 Å². The van der Waals surface area contributed by atoms with E-state index in [4.69, 9.17) is 14.9 Å². The Morgan fingerprint density at radius 2 is 1.94 bits per heavy atom. The van der Waals surface area contributed by atoms with Crippen LogP contribution in [0.4, 0.5) is 4.79 Å². The Kier molecular flexibility index (Phi) is 6.42. The van der Waals surface area contributed by atoms with E-state index in [-0.39, 0.29) is 0 Å². The minimum atomic E-state index is -0.822. The third-order valence-corrected chi connectivity index (χ3v) is 6.29. The number of hydrogen-bond donors (Lipinski definition) is 1. The van der Waals surface area contributed by atoms with Crippen LogP contribution in [0.25, 0.3) is 22.1 Å². The first kappa shape index (κ1) is 21.8. The summed E-state index contributed by atoms with van der Waals surface area (Å²) in [4.78, 5) is 14.7. The van der Waals surface area contributed by atoms with Gasteiger partial charge in [0.15, 0.2) is 5.58 Å². The Morgan fingerprint density at radius 3 is 2.56 bits per heavy atom. The number of amides is 1. The molecule has 1 amide bonds. The minimum absolute atomic E-state index is 0.511. The molecular formula is C25H28N4O3. The quantitative estimate of drug-likeness (QED) is 0.604. The van der Waals surface area contributed by atoms with Crippen LogP contribution in [-0.2, 0) is 13.0 Å². The highest BCUT2D eigenvalue weighted by molar-refractivity contribution is 5.89. The standard InChI is InChI=1S/C25H28N4O3/c1-28(2)16-22-20(19-6-3-18(15-26)4-7-19)8-9-21-23(27-32-24(21)22)10-5-17-11-13-29(14-12-17)25(30)31/h3-4,6-9,17H,5,10-14,16H2,1-2H3,(H,30,31). The average molecular weight is 433 g/mol. The van der Waals surface area contributed by atoms with Crippen LogP contribution in [0, 0.1) is 17.2 Å². The number of rotatable bonds is 6. The van der Waals surface area contributed by atoms with Gasteiger partial charge in [-0.3, -0.25) is 0 Å². The zero-order valence-corrected chi connectivity index (χ0v) is 18.5. The molecule has 1 aromatic heterocycles. The molecule has 0 aliphatic carbocycles. The van der Waals surface area contributed by atoms with Crippen LogP contribution in [0.3, 0.4) is 0 Å². The van der Waals surface area contributed by atoms with Crippen molar-refractivity contribution in [3.63, 3.8) is 0 Å².